The summed E-state index contributed by atoms with van der Waals surface area (Å²) in [5.74, 6) is -0.801. The summed E-state index contributed by atoms with van der Waals surface area (Å²) in [6.07, 6.45) is 3.78. The van der Waals surface area contributed by atoms with Gasteiger partial charge in [-0.15, -0.1) is 0 Å². The third kappa shape index (κ3) is 2.57. The molecular weight excluding hydrogens is 232 g/mol. The molecule has 0 aromatic heterocycles. The molecule has 0 N–H and O–H groups in total. The second-order valence-electron chi connectivity index (χ2n) is 5.93. The van der Waals surface area contributed by atoms with Crippen molar-refractivity contribution in [1.82, 2.24) is 0 Å². The van der Waals surface area contributed by atoms with E-state index in [0.717, 1.165) is 12.8 Å². The molecule has 0 spiro atoms. The number of carbonyl (C=O) groups excluding carboxylic acids is 2. The average Bonchev–Trinajstić information content (AvgIpc) is 2.57. The lowest BCUT2D eigenvalue weighted by atomic mass is 9.88. The first-order valence-electron chi connectivity index (χ1n) is 6.43. The quantitative estimate of drug-likeness (QED) is 0.558. The van der Waals surface area contributed by atoms with Crippen molar-refractivity contribution < 1.29 is 19.1 Å². The lowest BCUT2D eigenvalue weighted by molar-refractivity contribution is -0.166. The van der Waals surface area contributed by atoms with Crippen LogP contribution in [0.1, 0.15) is 40.0 Å². The van der Waals surface area contributed by atoms with Gasteiger partial charge in [0.25, 0.3) is 0 Å². The Balaban J connectivity index is 1.97. The third-order valence-electron chi connectivity index (χ3n) is 3.72. The van der Waals surface area contributed by atoms with E-state index in [1.807, 2.05) is 13.8 Å². The molecule has 4 heteroatoms. The van der Waals surface area contributed by atoms with E-state index >= 15 is 0 Å². The van der Waals surface area contributed by atoms with E-state index in [9.17, 15) is 9.59 Å². The first kappa shape index (κ1) is 13.1. The number of rotatable bonds is 2. The van der Waals surface area contributed by atoms with Crippen LogP contribution in [0.5, 0.6) is 0 Å². The maximum atomic E-state index is 12.0. The number of carbonyl (C=O) groups is 2. The molecule has 2 atom stereocenters. The predicted octanol–water partition coefficient (Wildman–Crippen LogP) is 2.23. The summed E-state index contributed by atoms with van der Waals surface area (Å²) in [4.78, 5) is 23.6. The van der Waals surface area contributed by atoms with Crippen molar-refractivity contribution in [2.45, 2.75) is 46.1 Å². The zero-order chi connectivity index (χ0) is 13.3. The first-order chi connectivity index (χ1) is 8.40. The molecule has 1 aliphatic carbocycles. The molecule has 100 valence electrons. The number of hydrogen-bond donors (Lipinski definition) is 0. The molecule has 4 nitrogen and oxygen atoms in total. The second-order valence-corrected chi connectivity index (χ2v) is 5.93. The molecule has 1 saturated heterocycles. The standard InChI is InChI=1S/C14H20O4/c1-9-4-6-10(7-5-9)12(15)18-11-13(16)17-8-14(11,2)3/h4,10-11H,5-8H2,1-3H3. The fraction of sp³-hybridized carbons (Fsp3) is 0.714. The SMILES string of the molecule is CC1=CCC(C(=O)OC2C(=O)OCC2(C)C)CC1. The van der Waals surface area contributed by atoms with Gasteiger partial charge in [-0.05, 0) is 26.2 Å². The van der Waals surface area contributed by atoms with Crippen molar-refractivity contribution in [3.63, 3.8) is 0 Å². The van der Waals surface area contributed by atoms with E-state index in [-0.39, 0.29) is 11.9 Å². The molecule has 1 aliphatic heterocycles. The lowest BCUT2D eigenvalue weighted by Crippen LogP contribution is -2.37. The molecule has 0 saturated carbocycles. The monoisotopic (exact) mass is 252 g/mol. The Bertz CT molecular complexity index is 395. The molecule has 2 aliphatic rings. The van der Waals surface area contributed by atoms with Crippen molar-refractivity contribution in [1.29, 1.82) is 0 Å². The number of esters is 2. The van der Waals surface area contributed by atoms with E-state index in [2.05, 4.69) is 13.0 Å². The highest BCUT2D eigenvalue weighted by molar-refractivity contribution is 5.82. The third-order valence-corrected chi connectivity index (χ3v) is 3.72. The molecule has 0 aromatic rings. The van der Waals surface area contributed by atoms with Gasteiger partial charge >= 0.3 is 11.9 Å². The van der Waals surface area contributed by atoms with E-state index in [1.165, 1.54) is 5.57 Å². The zero-order valence-electron chi connectivity index (χ0n) is 11.2. The molecule has 0 radical (unpaired) electrons. The molecule has 1 fully saturated rings. The number of hydrogen-bond acceptors (Lipinski definition) is 4. The maximum absolute atomic E-state index is 12.0. The lowest BCUT2D eigenvalue weighted by Gasteiger charge is -2.25. The van der Waals surface area contributed by atoms with E-state index in [0.29, 0.717) is 13.0 Å². The van der Waals surface area contributed by atoms with Gasteiger partial charge in [-0.2, -0.15) is 0 Å². The summed E-state index contributed by atoms with van der Waals surface area (Å²) >= 11 is 0. The molecule has 0 amide bonds. The second kappa shape index (κ2) is 4.75. The Morgan fingerprint density at radius 3 is 2.72 bits per heavy atom. The van der Waals surface area contributed by atoms with Crippen LogP contribution >= 0.6 is 0 Å². The van der Waals surface area contributed by atoms with Crippen molar-refractivity contribution in [2.24, 2.45) is 11.3 Å². The molecule has 1 heterocycles. The molecule has 0 aromatic carbocycles. The minimum atomic E-state index is -0.753. The smallest absolute Gasteiger partial charge is 0.348 e. The van der Waals surface area contributed by atoms with Gasteiger partial charge in [-0.3, -0.25) is 4.79 Å². The van der Waals surface area contributed by atoms with Gasteiger partial charge in [-0.25, -0.2) is 4.79 Å². The Morgan fingerprint density at radius 2 is 2.22 bits per heavy atom. The topological polar surface area (TPSA) is 52.6 Å². The molecule has 0 bridgehead atoms. The van der Waals surface area contributed by atoms with Crippen LogP contribution in [-0.4, -0.2) is 24.6 Å². The maximum Gasteiger partial charge on any atom is 0.348 e. The summed E-state index contributed by atoms with van der Waals surface area (Å²) < 4.78 is 10.3. The van der Waals surface area contributed by atoms with Crippen LogP contribution in [0.25, 0.3) is 0 Å². The number of ether oxygens (including phenoxy) is 2. The minimum Gasteiger partial charge on any atom is -0.462 e. The van der Waals surface area contributed by atoms with Gasteiger partial charge in [0.2, 0.25) is 6.10 Å². The van der Waals surface area contributed by atoms with Gasteiger partial charge in [0, 0.05) is 5.41 Å². The van der Waals surface area contributed by atoms with Crippen LogP contribution in [0.4, 0.5) is 0 Å². The van der Waals surface area contributed by atoms with Crippen LogP contribution in [0.3, 0.4) is 0 Å². The number of allylic oxidation sites excluding steroid dienone is 2. The largest absolute Gasteiger partial charge is 0.462 e. The summed E-state index contributed by atoms with van der Waals surface area (Å²) in [6, 6.07) is 0. The van der Waals surface area contributed by atoms with Crippen LogP contribution in [0.2, 0.25) is 0 Å². The van der Waals surface area contributed by atoms with Crippen LogP contribution in [-0.2, 0) is 19.1 Å². The van der Waals surface area contributed by atoms with Crippen LogP contribution in [0, 0.1) is 11.3 Å². The predicted molar refractivity (Wildman–Crippen MR) is 65.7 cm³/mol. The highest BCUT2D eigenvalue weighted by Gasteiger charge is 2.47. The molecule has 2 unspecified atom stereocenters. The van der Waals surface area contributed by atoms with Crippen LogP contribution in [0.15, 0.2) is 11.6 Å². The van der Waals surface area contributed by atoms with Crippen LogP contribution < -0.4 is 0 Å². The fourth-order valence-electron chi connectivity index (χ4n) is 2.33. The van der Waals surface area contributed by atoms with Crippen molar-refractivity contribution in [3.8, 4) is 0 Å². The van der Waals surface area contributed by atoms with Gasteiger partial charge in [0.15, 0.2) is 0 Å². The average molecular weight is 252 g/mol. The summed E-state index contributed by atoms with van der Waals surface area (Å²) in [7, 11) is 0. The molecular formula is C14H20O4. The Morgan fingerprint density at radius 1 is 1.50 bits per heavy atom. The van der Waals surface area contributed by atoms with Crippen molar-refractivity contribution in [3.05, 3.63) is 11.6 Å². The Kier molecular flexibility index (Phi) is 3.46. The van der Waals surface area contributed by atoms with Gasteiger partial charge in [-0.1, -0.05) is 25.5 Å². The minimum absolute atomic E-state index is 0.113. The highest BCUT2D eigenvalue weighted by Crippen LogP contribution is 2.33. The Labute approximate surface area is 107 Å². The molecule has 18 heavy (non-hydrogen) atoms. The fourth-order valence-corrected chi connectivity index (χ4v) is 2.33. The summed E-state index contributed by atoms with van der Waals surface area (Å²) in [5.41, 5.74) is 0.896. The van der Waals surface area contributed by atoms with Gasteiger partial charge in [0.05, 0.1) is 5.92 Å². The highest BCUT2D eigenvalue weighted by atomic mass is 16.6. The first-order valence-corrected chi connectivity index (χ1v) is 6.43. The normalized spacial score (nSPS) is 30.6. The van der Waals surface area contributed by atoms with Crippen molar-refractivity contribution in [2.75, 3.05) is 6.61 Å². The van der Waals surface area contributed by atoms with E-state index < -0.39 is 17.5 Å². The van der Waals surface area contributed by atoms with E-state index in [4.69, 9.17) is 9.47 Å². The summed E-state index contributed by atoms with van der Waals surface area (Å²) in [5, 5.41) is 0. The van der Waals surface area contributed by atoms with Crippen molar-refractivity contribution >= 4 is 11.9 Å². The Hall–Kier alpha value is -1.32. The summed E-state index contributed by atoms with van der Waals surface area (Å²) in [6.45, 7) is 6.13. The van der Waals surface area contributed by atoms with E-state index in [1.54, 1.807) is 0 Å². The molecule has 2 rings (SSSR count). The zero-order valence-corrected chi connectivity index (χ0v) is 11.2. The van der Waals surface area contributed by atoms with Gasteiger partial charge < -0.3 is 9.47 Å². The van der Waals surface area contributed by atoms with Gasteiger partial charge in [0.1, 0.15) is 6.61 Å². The number of cyclic esters (lactones) is 1.